The number of benzene rings is 1. The lowest BCUT2D eigenvalue weighted by Crippen LogP contribution is -2.44. The topological polar surface area (TPSA) is 56.3 Å². The Morgan fingerprint density at radius 2 is 2.00 bits per heavy atom. The zero-order valence-electron chi connectivity index (χ0n) is 14.0. The van der Waals surface area contributed by atoms with E-state index in [0.717, 1.165) is 35.4 Å². The largest absolute Gasteiger partial charge is 0.379 e. The first-order valence-electron chi connectivity index (χ1n) is 8.60. The molecule has 0 radical (unpaired) electrons. The van der Waals surface area contributed by atoms with Crippen molar-refractivity contribution in [3.63, 3.8) is 0 Å². The van der Waals surface area contributed by atoms with Gasteiger partial charge < -0.3 is 14.8 Å². The summed E-state index contributed by atoms with van der Waals surface area (Å²) in [5.41, 5.74) is 1.92. The third-order valence-corrected chi connectivity index (χ3v) is 4.40. The van der Waals surface area contributed by atoms with E-state index in [2.05, 4.69) is 27.4 Å². The molecule has 3 aromatic rings. The summed E-state index contributed by atoms with van der Waals surface area (Å²) in [6.45, 7) is 1.84. The van der Waals surface area contributed by atoms with Gasteiger partial charge in [-0.2, -0.15) is 0 Å². The van der Waals surface area contributed by atoms with Crippen molar-refractivity contribution in [1.29, 1.82) is 0 Å². The molecule has 2 aromatic heterocycles. The molecule has 1 aliphatic heterocycles. The third kappa shape index (κ3) is 3.95. The van der Waals surface area contributed by atoms with Crippen LogP contribution in [0, 0.1) is 0 Å². The van der Waals surface area contributed by atoms with Crippen molar-refractivity contribution in [3.8, 4) is 0 Å². The smallest absolute Gasteiger partial charge is 0.127 e. The van der Waals surface area contributed by atoms with Crippen LogP contribution in [0.2, 0.25) is 0 Å². The first-order chi connectivity index (χ1) is 12.4. The predicted molar refractivity (Wildman–Crippen MR) is 97.4 cm³/mol. The van der Waals surface area contributed by atoms with E-state index in [9.17, 15) is 0 Å². The van der Waals surface area contributed by atoms with Gasteiger partial charge in [-0.3, -0.25) is 4.98 Å². The van der Waals surface area contributed by atoms with Crippen molar-refractivity contribution in [3.05, 3.63) is 66.5 Å². The minimum atomic E-state index is 0.0732. The Morgan fingerprint density at radius 1 is 1.08 bits per heavy atom. The van der Waals surface area contributed by atoms with E-state index < -0.39 is 0 Å². The Hall–Kier alpha value is -2.50. The highest BCUT2D eigenvalue weighted by molar-refractivity contribution is 5.80. The summed E-state index contributed by atoms with van der Waals surface area (Å²) < 4.78 is 11.7. The molecule has 1 fully saturated rings. The number of rotatable bonds is 5. The van der Waals surface area contributed by atoms with Crippen LogP contribution in [0.25, 0.3) is 10.9 Å². The quantitative estimate of drug-likeness (QED) is 0.774. The number of aromatic nitrogens is 2. The van der Waals surface area contributed by atoms with E-state index in [0.29, 0.717) is 13.2 Å². The molecule has 5 heteroatoms. The average molecular weight is 335 g/mol. The lowest BCUT2D eigenvalue weighted by molar-refractivity contribution is -0.0487. The first kappa shape index (κ1) is 16.0. The molecule has 1 aromatic carbocycles. The van der Waals surface area contributed by atoms with Crippen molar-refractivity contribution in [2.45, 2.75) is 25.2 Å². The van der Waals surface area contributed by atoms with Gasteiger partial charge in [-0.25, -0.2) is 4.98 Å². The zero-order valence-corrected chi connectivity index (χ0v) is 14.0. The standard InChI is InChI=1S/C20H21N3O2/c1-2-7-17-15(5-1)8-9-20(22-17)23-18-14-24-12-10-19(18)25-13-16-6-3-4-11-21-16/h1-9,11,18-19H,10,12-14H2,(H,22,23)/t18-,19-/m1/s1. The normalized spacial score (nSPS) is 20.5. The summed E-state index contributed by atoms with van der Waals surface area (Å²) in [4.78, 5) is 9.00. The van der Waals surface area contributed by atoms with E-state index >= 15 is 0 Å². The van der Waals surface area contributed by atoms with Crippen molar-refractivity contribution in [2.24, 2.45) is 0 Å². The van der Waals surface area contributed by atoms with Crippen molar-refractivity contribution >= 4 is 16.7 Å². The summed E-state index contributed by atoms with van der Waals surface area (Å²) >= 11 is 0. The molecule has 0 unspecified atom stereocenters. The lowest BCUT2D eigenvalue weighted by Gasteiger charge is -2.32. The molecule has 1 N–H and O–H groups in total. The second-order valence-electron chi connectivity index (χ2n) is 6.17. The van der Waals surface area contributed by atoms with Gasteiger partial charge in [0.15, 0.2) is 0 Å². The predicted octanol–water partition coefficient (Wildman–Crippen LogP) is 3.42. The zero-order chi connectivity index (χ0) is 16.9. The molecule has 0 bridgehead atoms. The fourth-order valence-electron chi connectivity index (χ4n) is 3.06. The fourth-order valence-corrected chi connectivity index (χ4v) is 3.06. The van der Waals surface area contributed by atoms with Gasteiger partial charge in [0.25, 0.3) is 0 Å². The molecule has 5 nitrogen and oxygen atoms in total. The minimum Gasteiger partial charge on any atom is -0.379 e. The Balaban J connectivity index is 1.44. The van der Waals surface area contributed by atoms with E-state index in [1.165, 1.54) is 0 Å². The van der Waals surface area contributed by atoms with Crippen molar-refractivity contribution < 1.29 is 9.47 Å². The summed E-state index contributed by atoms with van der Waals surface area (Å²) in [5.74, 6) is 0.848. The highest BCUT2D eigenvalue weighted by Crippen LogP contribution is 2.20. The van der Waals surface area contributed by atoms with Crippen LogP contribution >= 0.6 is 0 Å². The number of ether oxygens (including phenoxy) is 2. The number of anilines is 1. The second-order valence-corrected chi connectivity index (χ2v) is 6.17. The Morgan fingerprint density at radius 3 is 2.92 bits per heavy atom. The number of fused-ring (bicyclic) bond motifs is 1. The molecule has 1 aliphatic rings. The van der Waals surface area contributed by atoms with Crippen LogP contribution < -0.4 is 5.32 Å². The number of nitrogens with one attached hydrogen (secondary N) is 1. The third-order valence-electron chi connectivity index (χ3n) is 4.40. The Bertz CT molecular complexity index is 825. The summed E-state index contributed by atoms with van der Waals surface area (Å²) in [6.07, 6.45) is 2.72. The molecule has 0 spiro atoms. The maximum atomic E-state index is 6.11. The molecule has 1 saturated heterocycles. The van der Waals surface area contributed by atoms with Crippen LogP contribution in [-0.2, 0) is 16.1 Å². The molecule has 2 atom stereocenters. The number of pyridine rings is 2. The molecule has 0 saturated carbocycles. The van der Waals surface area contributed by atoms with Gasteiger partial charge in [-0.1, -0.05) is 24.3 Å². The fraction of sp³-hybridized carbons (Fsp3) is 0.300. The molecule has 0 amide bonds. The van der Waals surface area contributed by atoms with Crippen LogP contribution in [0.3, 0.4) is 0 Å². The maximum absolute atomic E-state index is 6.11. The van der Waals surface area contributed by atoms with Crippen LogP contribution in [0.4, 0.5) is 5.82 Å². The Kier molecular flexibility index (Phi) is 4.86. The van der Waals surface area contributed by atoms with Crippen LogP contribution in [0.15, 0.2) is 60.8 Å². The van der Waals surface area contributed by atoms with E-state index in [-0.39, 0.29) is 12.1 Å². The molecule has 25 heavy (non-hydrogen) atoms. The van der Waals surface area contributed by atoms with Gasteiger partial charge in [-0.05, 0) is 36.8 Å². The summed E-state index contributed by atoms with van der Waals surface area (Å²) in [5, 5.41) is 4.61. The Labute approximate surface area is 147 Å². The molecule has 4 rings (SSSR count). The van der Waals surface area contributed by atoms with Gasteiger partial charge in [-0.15, -0.1) is 0 Å². The van der Waals surface area contributed by atoms with Crippen LogP contribution in [-0.4, -0.2) is 35.3 Å². The van der Waals surface area contributed by atoms with Crippen molar-refractivity contribution in [1.82, 2.24) is 9.97 Å². The molecule has 0 aliphatic carbocycles. The van der Waals surface area contributed by atoms with E-state index in [1.807, 2.05) is 42.5 Å². The average Bonchev–Trinajstić information content (AvgIpc) is 2.68. The molecular weight excluding hydrogens is 314 g/mol. The van der Waals surface area contributed by atoms with Gasteiger partial charge in [0.2, 0.25) is 0 Å². The van der Waals surface area contributed by atoms with E-state index in [4.69, 9.17) is 9.47 Å². The number of para-hydroxylation sites is 1. The summed E-state index contributed by atoms with van der Waals surface area (Å²) in [6, 6.07) is 18.1. The van der Waals surface area contributed by atoms with Gasteiger partial charge in [0.05, 0.1) is 36.6 Å². The van der Waals surface area contributed by atoms with Gasteiger partial charge in [0, 0.05) is 18.2 Å². The highest BCUT2D eigenvalue weighted by atomic mass is 16.5. The second kappa shape index (κ2) is 7.59. The highest BCUT2D eigenvalue weighted by Gasteiger charge is 2.27. The van der Waals surface area contributed by atoms with E-state index in [1.54, 1.807) is 6.20 Å². The SMILES string of the molecule is c1ccc(CO[C@@H]2CCOC[C@H]2Nc2ccc3ccccc3n2)nc1. The maximum Gasteiger partial charge on any atom is 0.127 e. The van der Waals surface area contributed by atoms with Crippen molar-refractivity contribution in [2.75, 3.05) is 18.5 Å². The number of hydrogen-bond acceptors (Lipinski definition) is 5. The molecular formula is C20H21N3O2. The lowest BCUT2D eigenvalue weighted by atomic mass is 10.1. The van der Waals surface area contributed by atoms with Gasteiger partial charge >= 0.3 is 0 Å². The summed E-state index contributed by atoms with van der Waals surface area (Å²) in [7, 11) is 0. The minimum absolute atomic E-state index is 0.0732. The number of hydrogen-bond donors (Lipinski definition) is 1. The first-order valence-corrected chi connectivity index (χ1v) is 8.60. The molecule has 128 valence electrons. The van der Waals surface area contributed by atoms with Crippen LogP contribution in [0.5, 0.6) is 0 Å². The van der Waals surface area contributed by atoms with Crippen LogP contribution in [0.1, 0.15) is 12.1 Å². The number of nitrogens with zero attached hydrogens (tertiary/aromatic N) is 2. The molecule has 3 heterocycles. The monoisotopic (exact) mass is 335 g/mol. The van der Waals surface area contributed by atoms with Gasteiger partial charge in [0.1, 0.15) is 5.82 Å².